The van der Waals surface area contributed by atoms with E-state index in [-0.39, 0.29) is 6.42 Å². The number of amides is 1. The quantitative estimate of drug-likeness (QED) is 0.483. The van der Waals surface area contributed by atoms with Gasteiger partial charge in [-0.1, -0.05) is 66.2 Å². The molecule has 1 aliphatic rings. The van der Waals surface area contributed by atoms with Crippen molar-refractivity contribution >= 4 is 23.5 Å². The van der Waals surface area contributed by atoms with Crippen molar-refractivity contribution in [3.8, 4) is 16.9 Å². The van der Waals surface area contributed by atoms with Crippen LogP contribution < -0.4 is 10.1 Å². The van der Waals surface area contributed by atoms with Gasteiger partial charge in [0.25, 0.3) is 5.91 Å². The lowest BCUT2D eigenvalue weighted by atomic mass is 9.89. The Bertz CT molecular complexity index is 1150. The highest BCUT2D eigenvalue weighted by molar-refractivity contribution is 6.30. The van der Waals surface area contributed by atoms with E-state index in [1.807, 2.05) is 48.5 Å². The maximum absolute atomic E-state index is 13.3. The van der Waals surface area contributed by atoms with Crippen LogP contribution in [-0.2, 0) is 26.3 Å². The van der Waals surface area contributed by atoms with Crippen molar-refractivity contribution in [2.75, 3.05) is 13.7 Å². The monoisotopic (exact) mass is 479 g/mol. The van der Waals surface area contributed by atoms with Gasteiger partial charge in [-0.05, 0) is 47.7 Å². The molecular weight excluding hydrogens is 454 g/mol. The van der Waals surface area contributed by atoms with Crippen LogP contribution in [0.5, 0.6) is 5.75 Å². The molecule has 0 spiro atoms. The van der Waals surface area contributed by atoms with Crippen LogP contribution in [0.25, 0.3) is 11.1 Å². The lowest BCUT2D eigenvalue weighted by Crippen LogP contribution is -2.51. The molecule has 3 aromatic carbocycles. The molecule has 1 saturated heterocycles. The average Bonchev–Trinajstić information content (AvgIpc) is 3.36. The maximum atomic E-state index is 13.3. The first-order valence-corrected chi connectivity index (χ1v) is 11.5. The summed E-state index contributed by atoms with van der Waals surface area (Å²) in [6.45, 7) is 0.429. The molecule has 176 valence electrons. The SMILES string of the molecule is COc1ccccc1-c1ccc(C[C@H](NC(=O)[C@@]2(c3ccc(Cl)cc3)CCCO2)C(=O)O)cc1. The average molecular weight is 480 g/mol. The summed E-state index contributed by atoms with van der Waals surface area (Å²) in [6, 6.07) is 21.1. The Balaban J connectivity index is 1.52. The van der Waals surface area contributed by atoms with Crippen molar-refractivity contribution < 1.29 is 24.2 Å². The second-order valence-corrected chi connectivity index (χ2v) is 8.69. The van der Waals surface area contributed by atoms with E-state index in [2.05, 4.69) is 5.32 Å². The van der Waals surface area contributed by atoms with Gasteiger partial charge in [0.05, 0.1) is 7.11 Å². The molecule has 1 amide bonds. The summed E-state index contributed by atoms with van der Waals surface area (Å²) in [6.07, 6.45) is 1.32. The summed E-state index contributed by atoms with van der Waals surface area (Å²) < 4.78 is 11.3. The van der Waals surface area contributed by atoms with E-state index in [4.69, 9.17) is 21.1 Å². The largest absolute Gasteiger partial charge is 0.496 e. The summed E-state index contributed by atoms with van der Waals surface area (Å²) in [5.41, 5.74) is 2.14. The number of carbonyl (C=O) groups excluding carboxylic acids is 1. The second-order valence-electron chi connectivity index (χ2n) is 8.25. The summed E-state index contributed by atoms with van der Waals surface area (Å²) >= 11 is 6.00. The number of carboxylic acid groups (broad SMARTS) is 1. The van der Waals surface area contributed by atoms with Crippen LogP contribution in [0.4, 0.5) is 0 Å². The second kappa shape index (κ2) is 10.3. The molecule has 6 nitrogen and oxygen atoms in total. The van der Waals surface area contributed by atoms with E-state index in [1.54, 1.807) is 31.4 Å². The van der Waals surface area contributed by atoms with Crippen LogP contribution in [-0.4, -0.2) is 36.7 Å². The van der Waals surface area contributed by atoms with Crippen molar-refractivity contribution in [2.24, 2.45) is 0 Å². The van der Waals surface area contributed by atoms with Crippen molar-refractivity contribution in [2.45, 2.75) is 30.9 Å². The molecule has 1 aliphatic heterocycles. The molecule has 7 heteroatoms. The number of ether oxygens (including phenoxy) is 2. The normalized spacial score (nSPS) is 18.3. The number of halogens is 1. The van der Waals surface area contributed by atoms with Gasteiger partial charge in [0.15, 0.2) is 5.60 Å². The number of carbonyl (C=O) groups is 2. The zero-order valence-corrected chi connectivity index (χ0v) is 19.5. The molecule has 0 bridgehead atoms. The van der Waals surface area contributed by atoms with Gasteiger partial charge in [0.1, 0.15) is 11.8 Å². The van der Waals surface area contributed by atoms with E-state index < -0.39 is 23.5 Å². The van der Waals surface area contributed by atoms with E-state index in [0.29, 0.717) is 30.0 Å². The number of para-hydroxylation sites is 1. The maximum Gasteiger partial charge on any atom is 0.326 e. The lowest BCUT2D eigenvalue weighted by Gasteiger charge is -2.29. The Morgan fingerprint density at radius 1 is 1.09 bits per heavy atom. The number of nitrogens with one attached hydrogen (secondary N) is 1. The highest BCUT2D eigenvalue weighted by Gasteiger charge is 2.45. The minimum absolute atomic E-state index is 0.143. The standard InChI is InChI=1S/C27H26ClNO5/c1-33-24-6-3-2-5-22(24)19-9-7-18(8-10-19)17-23(25(30)31)29-26(32)27(15-4-16-34-27)20-11-13-21(28)14-12-20/h2-3,5-14,23H,4,15-17H2,1H3,(H,29,32)(H,30,31)/t23-,27-/m0/s1. The summed E-state index contributed by atoms with van der Waals surface area (Å²) in [5, 5.41) is 13.1. The van der Waals surface area contributed by atoms with Gasteiger partial charge in [-0.2, -0.15) is 0 Å². The molecule has 0 aliphatic carbocycles. The Labute approximate surface area is 203 Å². The van der Waals surface area contributed by atoms with Crippen molar-refractivity contribution in [3.63, 3.8) is 0 Å². The Kier molecular flexibility index (Phi) is 7.20. The third kappa shape index (κ3) is 4.93. The predicted molar refractivity (Wildman–Crippen MR) is 130 cm³/mol. The molecule has 0 unspecified atom stereocenters. The van der Waals surface area contributed by atoms with Gasteiger partial charge < -0.3 is 19.9 Å². The minimum Gasteiger partial charge on any atom is -0.496 e. The molecule has 0 radical (unpaired) electrons. The number of carboxylic acids is 1. The molecule has 34 heavy (non-hydrogen) atoms. The van der Waals surface area contributed by atoms with Gasteiger partial charge >= 0.3 is 5.97 Å². The van der Waals surface area contributed by atoms with E-state index in [0.717, 1.165) is 22.4 Å². The predicted octanol–water partition coefficient (Wildman–Crippen LogP) is 4.83. The Hall–Kier alpha value is -3.35. The van der Waals surface area contributed by atoms with Gasteiger partial charge in [0.2, 0.25) is 0 Å². The van der Waals surface area contributed by atoms with Crippen molar-refractivity contribution in [1.82, 2.24) is 5.32 Å². The molecule has 1 fully saturated rings. The van der Waals surface area contributed by atoms with Gasteiger partial charge in [-0.25, -0.2) is 4.79 Å². The van der Waals surface area contributed by atoms with E-state index in [1.165, 1.54) is 0 Å². The smallest absolute Gasteiger partial charge is 0.326 e. The number of rotatable bonds is 8. The lowest BCUT2D eigenvalue weighted by molar-refractivity contribution is -0.149. The fourth-order valence-corrected chi connectivity index (χ4v) is 4.44. The molecule has 3 aromatic rings. The Morgan fingerprint density at radius 3 is 2.41 bits per heavy atom. The third-order valence-corrected chi connectivity index (χ3v) is 6.37. The van der Waals surface area contributed by atoms with E-state index in [9.17, 15) is 14.7 Å². The summed E-state index contributed by atoms with van der Waals surface area (Å²) in [4.78, 5) is 25.3. The van der Waals surface area contributed by atoms with Crippen LogP contribution >= 0.6 is 11.6 Å². The molecular formula is C27H26ClNO5. The van der Waals surface area contributed by atoms with Crippen molar-refractivity contribution in [1.29, 1.82) is 0 Å². The van der Waals surface area contributed by atoms with Crippen LogP contribution in [0, 0.1) is 0 Å². The first-order chi connectivity index (χ1) is 16.4. The van der Waals surface area contributed by atoms with Crippen molar-refractivity contribution in [3.05, 3.63) is 88.9 Å². The van der Waals surface area contributed by atoms with Crippen LogP contribution in [0.15, 0.2) is 72.8 Å². The number of hydrogen-bond acceptors (Lipinski definition) is 4. The number of benzene rings is 3. The van der Waals surface area contributed by atoms with Gasteiger partial charge in [-0.3, -0.25) is 4.79 Å². The number of methoxy groups -OCH3 is 1. The minimum atomic E-state index is -1.22. The molecule has 2 N–H and O–H groups in total. The first kappa shape index (κ1) is 23.8. The van der Waals surface area contributed by atoms with Gasteiger partial charge in [-0.15, -0.1) is 0 Å². The molecule has 4 rings (SSSR count). The Morgan fingerprint density at radius 2 is 1.79 bits per heavy atom. The molecule has 0 saturated carbocycles. The molecule has 1 heterocycles. The topological polar surface area (TPSA) is 84.9 Å². The van der Waals surface area contributed by atoms with E-state index >= 15 is 0 Å². The zero-order chi connectivity index (χ0) is 24.1. The highest BCUT2D eigenvalue weighted by atomic mass is 35.5. The molecule has 2 atom stereocenters. The number of hydrogen-bond donors (Lipinski definition) is 2. The van der Waals surface area contributed by atoms with Crippen LogP contribution in [0.2, 0.25) is 5.02 Å². The van der Waals surface area contributed by atoms with Crippen LogP contribution in [0.3, 0.4) is 0 Å². The summed E-state index contributed by atoms with van der Waals surface area (Å²) in [7, 11) is 1.62. The zero-order valence-electron chi connectivity index (χ0n) is 18.8. The fraction of sp³-hybridized carbons (Fsp3) is 0.259. The fourth-order valence-electron chi connectivity index (χ4n) is 4.31. The molecule has 0 aromatic heterocycles. The van der Waals surface area contributed by atoms with Crippen LogP contribution in [0.1, 0.15) is 24.0 Å². The summed E-state index contributed by atoms with van der Waals surface area (Å²) in [5.74, 6) is -0.799. The van der Waals surface area contributed by atoms with Gasteiger partial charge in [0, 0.05) is 23.6 Å². The highest BCUT2D eigenvalue weighted by Crippen LogP contribution is 2.37. The first-order valence-electron chi connectivity index (χ1n) is 11.1. The third-order valence-electron chi connectivity index (χ3n) is 6.11. The number of aliphatic carboxylic acids is 1.